The van der Waals surface area contributed by atoms with Crippen molar-refractivity contribution in [3.63, 3.8) is 0 Å². The monoisotopic (exact) mass is 428 g/mol. The molecule has 2 rings (SSSR count). The molecule has 0 fully saturated rings. The maximum absolute atomic E-state index is 12.8. The predicted molar refractivity (Wildman–Crippen MR) is 114 cm³/mol. The second kappa shape index (κ2) is 11.0. The number of amides is 2. The highest BCUT2D eigenvalue weighted by Crippen LogP contribution is 2.21. The first-order chi connectivity index (χ1) is 14.7. The van der Waals surface area contributed by atoms with Crippen LogP contribution in [0.1, 0.15) is 38.0 Å². The van der Waals surface area contributed by atoms with Crippen molar-refractivity contribution in [3.05, 3.63) is 65.7 Å². The highest BCUT2D eigenvalue weighted by atomic mass is 16.6. The average Bonchev–Trinajstić information content (AvgIpc) is 2.74. The van der Waals surface area contributed by atoms with Crippen molar-refractivity contribution in [3.8, 4) is 5.75 Å². The Kier molecular flexibility index (Phi) is 8.43. The minimum Gasteiger partial charge on any atom is -0.497 e. The molecule has 31 heavy (non-hydrogen) atoms. The number of esters is 1. The third-order valence-corrected chi connectivity index (χ3v) is 3.99. The largest absolute Gasteiger partial charge is 0.497 e. The van der Waals surface area contributed by atoms with Gasteiger partial charge in [0.25, 0.3) is 5.91 Å². The van der Waals surface area contributed by atoms with E-state index in [9.17, 15) is 14.4 Å². The Hall–Kier alpha value is -3.55. The summed E-state index contributed by atoms with van der Waals surface area (Å²) in [5.74, 6) is -0.661. The van der Waals surface area contributed by atoms with Crippen LogP contribution in [0, 0.1) is 0 Å². The number of rotatable bonds is 8. The molecule has 1 unspecified atom stereocenters. The first-order valence-corrected chi connectivity index (χ1v) is 9.80. The van der Waals surface area contributed by atoms with Crippen LogP contribution in [-0.2, 0) is 25.6 Å². The van der Waals surface area contributed by atoms with Crippen molar-refractivity contribution >= 4 is 18.0 Å². The summed E-state index contributed by atoms with van der Waals surface area (Å²) in [6, 6.07) is 16.0. The number of benzene rings is 2. The van der Waals surface area contributed by atoms with Gasteiger partial charge in [-0.15, -0.1) is 0 Å². The average molecular weight is 428 g/mol. The number of alkyl carbamates (subject to hydrolysis) is 1. The molecule has 0 bridgehead atoms. The van der Waals surface area contributed by atoms with Crippen LogP contribution >= 0.6 is 0 Å². The van der Waals surface area contributed by atoms with Crippen LogP contribution in [0.25, 0.3) is 0 Å². The fourth-order valence-corrected chi connectivity index (χ4v) is 2.56. The molecule has 166 valence electrons. The normalized spacial score (nSPS) is 11.7. The molecule has 0 saturated carbocycles. The Balaban J connectivity index is 2.05. The Morgan fingerprint density at radius 3 is 2.16 bits per heavy atom. The summed E-state index contributed by atoms with van der Waals surface area (Å²) in [4.78, 5) is 36.9. The van der Waals surface area contributed by atoms with E-state index in [1.165, 1.54) is 7.11 Å². The number of methoxy groups -OCH3 is 1. The van der Waals surface area contributed by atoms with E-state index in [1.807, 2.05) is 30.3 Å². The van der Waals surface area contributed by atoms with Crippen LogP contribution in [0.2, 0.25) is 0 Å². The van der Waals surface area contributed by atoms with Gasteiger partial charge in [-0.05, 0) is 38.5 Å². The van der Waals surface area contributed by atoms with Gasteiger partial charge in [-0.1, -0.05) is 42.5 Å². The van der Waals surface area contributed by atoms with Crippen molar-refractivity contribution in [2.75, 3.05) is 13.7 Å². The molecule has 0 aromatic heterocycles. The molecule has 0 aliphatic carbocycles. The molecule has 0 spiro atoms. The molecule has 2 N–H and O–H groups in total. The van der Waals surface area contributed by atoms with E-state index in [2.05, 4.69) is 10.6 Å². The van der Waals surface area contributed by atoms with E-state index in [4.69, 9.17) is 14.2 Å². The Morgan fingerprint density at radius 2 is 1.58 bits per heavy atom. The van der Waals surface area contributed by atoms with Crippen LogP contribution in [-0.4, -0.2) is 37.2 Å². The van der Waals surface area contributed by atoms with Gasteiger partial charge in [0.1, 0.15) is 17.9 Å². The van der Waals surface area contributed by atoms with Gasteiger partial charge < -0.3 is 24.8 Å². The van der Waals surface area contributed by atoms with Gasteiger partial charge in [0.15, 0.2) is 0 Å². The van der Waals surface area contributed by atoms with E-state index < -0.39 is 36.2 Å². The summed E-state index contributed by atoms with van der Waals surface area (Å²) in [6.07, 6.45) is -1.94. The topological polar surface area (TPSA) is 103 Å². The van der Waals surface area contributed by atoms with Crippen LogP contribution in [0.15, 0.2) is 54.6 Å². The second-order valence-electron chi connectivity index (χ2n) is 7.70. The zero-order valence-electron chi connectivity index (χ0n) is 18.1. The van der Waals surface area contributed by atoms with Gasteiger partial charge in [-0.3, -0.25) is 9.59 Å². The molecule has 1 atom stereocenters. The maximum atomic E-state index is 12.8. The van der Waals surface area contributed by atoms with Gasteiger partial charge in [0, 0.05) is 12.1 Å². The molecule has 2 aromatic rings. The molecule has 8 heteroatoms. The molecule has 0 heterocycles. The SMILES string of the molecule is COc1ccc(C(OC(=O)CNC(=O)OC(C)(C)C)C(=O)NCc2ccccc2)cc1. The number of nitrogens with one attached hydrogen (secondary N) is 2. The van der Waals surface area contributed by atoms with E-state index in [-0.39, 0.29) is 6.54 Å². The minimum absolute atomic E-state index is 0.278. The van der Waals surface area contributed by atoms with Crippen LogP contribution in [0.3, 0.4) is 0 Å². The van der Waals surface area contributed by atoms with Gasteiger partial charge >= 0.3 is 12.1 Å². The predicted octanol–water partition coefficient (Wildman–Crippen LogP) is 3.12. The van der Waals surface area contributed by atoms with Crippen LogP contribution < -0.4 is 15.4 Å². The lowest BCUT2D eigenvalue weighted by molar-refractivity contribution is -0.155. The molecule has 2 aromatic carbocycles. The number of ether oxygens (including phenoxy) is 3. The third kappa shape index (κ3) is 8.38. The van der Waals surface area contributed by atoms with Gasteiger partial charge in [-0.2, -0.15) is 0 Å². The van der Waals surface area contributed by atoms with Crippen molar-refractivity contribution in [2.45, 2.75) is 39.0 Å². The zero-order valence-corrected chi connectivity index (χ0v) is 18.1. The lowest BCUT2D eigenvalue weighted by Crippen LogP contribution is -2.38. The highest BCUT2D eigenvalue weighted by Gasteiger charge is 2.26. The van der Waals surface area contributed by atoms with E-state index in [0.717, 1.165) is 5.56 Å². The van der Waals surface area contributed by atoms with E-state index >= 15 is 0 Å². The molecule has 2 amide bonds. The fourth-order valence-electron chi connectivity index (χ4n) is 2.56. The summed E-state index contributed by atoms with van der Waals surface area (Å²) in [6.45, 7) is 4.97. The fraction of sp³-hybridized carbons (Fsp3) is 0.348. The summed E-state index contributed by atoms with van der Waals surface area (Å²) >= 11 is 0. The van der Waals surface area contributed by atoms with Gasteiger partial charge in [-0.25, -0.2) is 4.79 Å². The first kappa shape index (κ1) is 23.7. The summed E-state index contributed by atoms with van der Waals surface area (Å²) < 4.78 is 15.6. The Morgan fingerprint density at radius 1 is 0.935 bits per heavy atom. The lowest BCUT2D eigenvalue weighted by atomic mass is 10.1. The molecular weight excluding hydrogens is 400 g/mol. The number of hydrogen-bond donors (Lipinski definition) is 2. The first-order valence-electron chi connectivity index (χ1n) is 9.80. The smallest absolute Gasteiger partial charge is 0.408 e. The highest BCUT2D eigenvalue weighted by molar-refractivity contribution is 5.86. The number of carbonyl (C=O) groups excluding carboxylic acids is 3. The summed E-state index contributed by atoms with van der Waals surface area (Å²) in [7, 11) is 1.53. The van der Waals surface area contributed by atoms with Crippen LogP contribution in [0.5, 0.6) is 5.75 Å². The number of hydrogen-bond acceptors (Lipinski definition) is 6. The molecule has 8 nitrogen and oxygen atoms in total. The van der Waals surface area contributed by atoms with E-state index in [1.54, 1.807) is 45.0 Å². The van der Waals surface area contributed by atoms with Crippen molar-refractivity contribution in [1.82, 2.24) is 10.6 Å². The zero-order chi connectivity index (χ0) is 22.9. The van der Waals surface area contributed by atoms with Crippen molar-refractivity contribution < 1.29 is 28.6 Å². The molecule has 0 aliphatic rings. The Bertz CT molecular complexity index is 875. The van der Waals surface area contributed by atoms with Gasteiger partial charge in [0.2, 0.25) is 6.10 Å². The van der Waals surface area contributed by atoms with Crippen molar-refractivity contribution in [1.29, 1.82) is 0 Å². The molecular formula is C23H28N2O6. The quantitative estimate of drug-likeness (QED) is 0.626. The summed E-state index contributed by atoms with van der Waals surface area (Å²) in [5.41, 5.74) is 0.677. The number of carbonyl (C=O) groups is 3. The third-order valence-electron chi connectivity index (χ3n) is 3.99. The summed E-state index contributed by atoms with van der Waals surface area (Å²) in [5, 5.41) is 5.09. The minimum atomic E-state index is -1.19. The lowest BCUT2D eigenvalue weighted by Gasteiger charge is -2.20. The molecule has 0 radical (unpaired) electrons. The molecule has 0 aliphatic heterocycles. The van der Waals surface area contributed by atoms with Gasteiger partial charge in [0.05, 0.1) is 7.11 Å². The Labute approximate surface area is 181 Å². The second-order valence-corrected chi connectivity index (χ2v) is 7.70. The maximum Gasteiger partial charge on any atom is 0.408 e. The molecule has 0 saturated heterocycles. The van der Waals surface area contributed by atoms with E-state index in [0.29, 0.717) is 11.3 Å². The van der Waals surface area contributed by atoms with Crippen LogP contribution in [0.4, 0.5) is 4.79 Å². The van der Waals surface area contributed by atoms with Crippen molar-refractivity contribution in [2.24, 2.45) is 0 Å². The standard InChI is InChI=1S/C23H28N2O6/c1-23(2,3)31-22(28)25-15-19(26)30-20(17-10-12-18(29-4)13-11-17)21(27)24-14-16-8-6-5-7-9-16/h5-13,20H,14-15H2,1-4H3,(H,24,27)(H,25,28).